The summed E-state index contributed by atoms with van der Waals surface area (Å²) in [6.07, 6.45) is 8.65. The van der Waals surface area contributed by atoms with Gasteiger partial charge in [0, 0.05) is 36.1 Å². The molecule has 0 saturated carbocycles. The van der Waals surface area contributed by atoms with Crippen molar-refractivity contribution in [3.63, 3.8) is 0 Å². The second-order valence-electron chi connectivity index (χ2n) is 7.39. The Morgan fingerprint density at radius 1 is 1.18 bits per heavy atom. The number of hydrogen-bond acceptors (Lipinski definition) is 5. The third-order valence-electron chi connectivity index (χ3n) is 5.54. The highest BCUT2D eigenvalue weighted by molar-refractivity contribution is 5.69. The molecule has 0 spiro atoms. The number of nitrogens with zero attached hydrogens (tertiary/aromatic N) is 4. The van der Waals surface area contributed by atoms with Gasteiger partial charge in [0.05, 0.1) is 23.4 Å². The summed E-state index contributed by atoms with van der Waals surface area (Å²) in [6.45, 7) is 0. The van der Waals surface area contributed by atoms with E-state index < -0.39 is 6.17 Å². The number of aromatic hydroxyl groups is 1. The number of benzene rings is 1. The Balaban J connectivity index is 1.39. The van der Waals surface area contributed by atoms with E-state index in [-0.39, 0.29) is 11.8 Å². The lowest BCUT2D eigenvalue weighted by Crippen LogP contribution is -2.42. The summed E-state index contributed by atoms with van der Waals surface area (Å²) in [6, 6.07) is 9.27. The van der Waals surface area contributed by atoms with E-state index >= 15 is 0 Å². The van der Waals surface area contributed by atoms with E-state index in [9.17, 15) is 9.50 Å². The van der Waals surface area contributed by atoms with Crippen LogP contribution in [0.1, 0.15) is 25.0 Å². The maximum Gasteiger partial charge on any atom is 0.137 e. The molecule has 0 radical (unpaired) electrons. The van der Waals surface area contributed by atoms with Crippen LogP contribution in [0.2, 0.25) is 0 Å². The van der Waals surface area contributed by atoms with Crippen LogP contribution < -0.4 is 5.32 Å². The highest BCUT2D eigenvalue weighted by Gasteiger charge is 2.38. The van der Waals surface area contributed by atoms with Crippen molar-refractivity contribution in [2.24, 2.45) is 0 Å². The average Bonchev–Trinajstić information content (AvgIpc) is 3.37. The van der Waals surface area contributed by atoms with Gasteiger partial charge in [-0.2, -0.15) is 5.10 Å². The van der Waals surface area contributed by atoms with Gasteiger partial charge >= 0.3 is 0 Å². The van der Waals surface area contributed by atoms with Crippen molar-refractivity contribution in [3.8, 4) is 22.7 Å². The second kappa shape index (κ2) is 6.83. The minimum Gasteiger partial charge on any atom is -0.507 e. The molecule has 2 fully saturated rings. The number of aromatic nitrogens is 4. The summed E-state index contributed by atoms with van der Waals surface area (Å²) < 4.78 is 16.4. The normalized spacial score (nSPS) is 25.3. The van der Waals surface area contributed by atoms with Crippen LogP contribution in [0, 0.1) is 0 Å². The van der Waals surface area contributed by atoms with Crippen LogP contribution in [-0.2, 0) is 0 Å². The standard InChI is InChI=1S/C21H20FN5O/c22-21-13(9-14-1-6-19(21)24-14)10-15-2-5-18(26-25-15)17-4-3-16(11-20(17)28)27-8-7-23-12-27/h2-5,7-8,10-12,14,19,21,24,28H,1,6,9H2/b13-10-/t14-,19+,21-/m0/s1. The predicted molar refractivity (Wildman–Crippen MR) is 104 cm³/mol. The number of piperidine rings is 1. The number of phenolic OH excluding ortho intramolecular Hbond substituents is 1. The van der Waals surface area contributed by atoms with Gasteiger partial charge in [0.15, 0.2) is 0 Å². The van der Waals surface area contributed by atoms with E-state index in [1.807, 2.05) is 29.0 Å². The topological polar surface area (TPSA) is 75.9 Å². The summed E-state index contributed by atoms with van der Waals surface area (Å²) in [5.41, 5.74) is 3.40. The van der Waals surface area contributed by atoms with Crippen LogP contribution in [-0.4, -0.2) is 43.1 Å². The molecule has 2 saturated heterocycles. The number of imidazole rings is 1. The minimum absolute atomic E-state index is 0.0665. The maximum atomic E-state index is 14.6. The highest BCUT2D eigenvalue weighted by Crippen LogP contribution is 2.34. The van der Waals surface area contributed by atoms with Gasteiger partial charge in [-0.05, 0) is 55.2 Å². The van der Waals surface area contributed by atoms with E-state index in [1.54, 1.807) is 30.7 Å². The van der Waals surface area contributed by atoms with Crippen molar-refractivity contribution in [3.05, 3.63) is 60.3 Å². The van der Waals surface area contributed by atoms with Gasteiger partial charge in [-0.1, -0.05) is 0 Å². The van der Waals surface area contributed by atoms with Gasteiger partial charge in [0.1, 0.15) is 11.9 Å². The van der Waals surface area contributed by atoms with Crippen LogP contribution in [0.5, 0.6) is 5.75 Å². The summed E-state index contributed by atoms with van der Waals surface area (Å²) in [5.74, 6) is 0.116. The molecule has 0 aliphatic carbocycles. The van der Waals surface area contributed by atoms with Crippen LogP contribution in [0.3, 0.4) is 0 Å². The Hall–Kier alpha value is -3.06. The zero-order chi connectivity index (χ0) is 19.1. The molecule has 5 rings (SSSR count). The Morgan fingerprint density at radius 3 is 2.86 bits per heavy atom. The molecule has 0 unspecified atom stereocenters. The molecule has 3 aromatic rings. The van der Waals surface area contributed by atoms with Gasteiger partial charge < -0.3 is 15.0 Å². The minimum atomic E-state index is -0.958. The molecule has 3 atom stereocenters. The first kappa shape index (κ1) is 17.1. The molecule has 1 aromatic carbocycles. The molecule has 4 heterocycles. The first-order chi connectivity index (χ1) is 13.7. The lowest BCUT2D eigenvalue weighted by atomic mass is 9.96. The molecular formula is C21H20FN5O. The van der Waals surface area contributed by atoms with Crippen molar-refractivity contribution in [2.75, 3.05) is 0 Å². The Bertz CT molecular complexity index is 1020. The van der Waals surface area contributed by atoms with Crippen LogP contribution >= 0.6 is 0 Å². The Labute approximate surface area is 161 Å². The molecule has 7 heteroatoms. The fourth-order valence-corrected chi connectivity index (χ4v) is 4.10. The molecule has 142 valence electrons. The Morgan fingerprint density at radius 2 is 2.11 bits per heavy atom. The average molecular weight is 377 g/mol. The fraction of sp³-hybridized carbons (Fsp3) is 0.286. The second-order valence-corrected chi connectivity index (χ2v) is 7.39. The smallest absolute Gasteiger partial charge is 0.137 e. The largest absolute Gasteiger partial charge is 0.507 e. The molecule has 0 amide bonds. The number of rotatable bonds is 3. The summed E-state index contributed by atoms with van der Waals surface area (Å²) in [7, 11) is 0. The fourth-order valence-electron chi connectivity index (χ4n) is 4.10. The number of halogens is 1. The van der Waals surface area contributed by atoms with E-state index in [0.717, 1.165) is 30.5 Å². The van der Waals surface area contributed by atoms with Crippen LogP contribution in [0.4, 0.5) is 4.39 Å². The number of alkyl halides is 1. The van der Waals surface area contributed by atoms with Gasteiger partial charge in [-0.25, -0.2) is 9.37 Å². The lowest BCUT2D eigenvalue weighted by Gasteiger charge is -2.27. The third-order valence-corrected chi connectivity index (χ3v) is 5.54. The summed E-state index contributed by atoms with van der Waals surface area (Å²) in [4.78, 5) is 4.01. The first-order valence-electron chi connectivity index (χ1n) is 9.43. The molecule has 2 aromatic heterocycles. The SMILES string of the molecule is Oc1cc(-n2ccnc2)ccc1-c1ccc(/C=C2/C[C@@H]3CC[C@@H](N3)[C@H]2F)nn1. The highest BCUT2D eigenvalue weighted by atomic mass is 19.1. The quantitative estimate of drug-likeness (QED) is 0.733. The van der Waals surface area contributed by atoms with Gasteiger partial charge in [-0.15, -0.1) is 5.10 Å². The third kappa shape index (κ3) is 3.07. The summed E-state index contributed by atoms with van der Waals surface area (Å²) >= 11 is 0. The predicted octanol–water partition coefficient (Wildman–Crippen LogP) is 3.28. The molecule has 28 heavy (non-hydrogen) atoms. The number of phenols is 1. The molecule has 2 bridgehead atoms. The van der Waals surface area contributed by atoms with Crippen molar-refractivity contribution in [1.29, 1.82) is 0 Å². The van der Waals surface area contributed by atoms with Gasteiger partial charge in [0.25, 0.3) is 0 Å². The molecule has 2 aliphatic rings. The van der Waals surface area contributed by atoms with Crippen LogP contribution in [0.15, 0.2) is 54.6 Å². The van der Waals surface area contributed by atoms with Crippen molar-refractivity contribution in [2.45, 2.75) is 37.5 Å². The van der Waals surface area contributed by atoms with E-state index in [0.29, 0.717) is 23.0 Å². The summed E-state index contributed by atoms with van der Waals surface area (Å²) in [5, 5.41) is 22.2. The Kier molecular flexibility index (Phi) is 4.16. The van der Waals surface area contributed by atoms with Crippen LogP contribution in [0.25, 0.3) is 23.0 Å². The van der Waals surface area contributed by atoms with Crippen molar-refractivity contribution >= 4 is 6.08 Å². The van der Waals surface area contributed by atoms with E-state index in [2.05, 4.69) is 20.5 Å². The monoisotopic (exact) mass is 377 g/mol. The van der Waals surface area contributed by atoms with Crippen molar-refractivity contribution < 1.29 is 9.50 Å². The maximum absolute atomic E-state index is 14.6. The lowest BCUT2D eigenvalue weighted by molar-refractivity contribution is 0.270. The van der Waals surface area contributed by atoms with E-state index in [4.69, 9.17) is 0 Å². The molecule has 2 aliphatic heterocycles. The first-order valence-corrected chi connectivity index (χ1v) is 9.43. The zero-order valence-corrected chi connectivity index (χ0v) is 15.2. The number of fused-ring (bicyclic) bond motifs is 2. The molecule has 6 nitrogen and oxygen atoms in total. The van der Waals surface area contributed by atoms with Crippen molar-refractivity contribution in [1.82, 2.24) is 25.1 Å². The number of nitrogens with one attached hydrogen (secondary N) is 1. The molecular weight excluding hydrogens is 357 g/mol. The molecule has 2 N–H and O–H groups in total. The zero-order valence-electron chi connectivity index (χ0n) is 15.2. The number of hydrogen-bond donors (Lipinski definition) is 2. The van der Waals surface area contributed by atoms with Gasteiger partial charge in [-0.3, -0.25) is 0 Å². The van der Waals surface area contributed by atoms with E-state index in [1.165, 1.54) is 0 Å². The van der Waals surface area contributed by atoms with Gasteiger partial charge in [0.2, 0.25) is 0 Å².